The third kappa shape index (κ3) is 3.79. The summed E-state index contributed by atoms with van der Waals surface area (Å²) in [6.07, 6.45) is 12.9. The molecule has 2 heterocycles. The molecule has 0 spiro atoms. The highest BCUT2D eigenvalue weighted by Gasteiger charge is 2.40. The maximum absolute atomic E-state index is 13.0. The first kappa shape index (κ1) is 21.4. The Bertz CT molecular complexity index is 1080. The Balaban J connectivity index is 1.30. The molecule has 2 aromatic rings. The van der Waals surface area contributed by atoms with Crippen LogP contribution in [0.5, 0.6) is 0 Å². The Morgan fingerprint density at radius 3 is 1.21 bits per heavy atom. The third-order valence-electron chi connectivity index (χ3n) is 8.23. The summed E-state index contributed by atoms with van der Waals surface area (Å²) in [5.74, 6) is 0.858. The second-order valence-electron chi connectivity index (χ2n) is 10.3. The molecular formula is C30H32N2O2. The minimum atomic E-state index is -0.203. The fraction of sp³-hybridized carbons (Fsp3) is 0.400. The van der Waals surface area contributed by atoms with E-state index in [1.54, 1.807) is 0 Å². The first-order valence-electron chi connectivity index (χ1n) is 13.0. The number of hydrogen-bond donors (Lipinski definition) is 2. The van der Waals surface area contributed by atoms with Gasteiger partial charge in [0.2, 0.25) is 0 Å². The summed E-state index contributed by atoms with van der Waals surface area (Å²) in [7, 11) is 0. The fourth-order valence-corrected chi connectivity index (χ4v) is 6.33. The van der Waals surface area contributed by atoms with Gasteiger partial charge in [-0.3, -0.25) is 9.59 Å². The van der Waals surface area contributed by atoms with Crippen LogP contribution in [0.3, 0.4) is 0 Å². The number of amides is 2. The van der Waals surface area contributed by atoms with Crippen LogP contribution in [-0.2, 0) is 9.59 Å². The van der Waals surface area contributed by atoms with Crippen LogP contribution in [0, 0.1) is 0 Å². The number of fused-ring (bicyclic) bond motifs is 1. The zero-order chi connectivity index (χ0) is 23.1. The van der Waals surface area contributed by atoms with Gasteiger partial charge in [0, 0.05) is 0 Å². The smallest absolute Gasteiger partial charge is 0.258 e. The van der Waals surface area contributed by atoms with Crippen molar-refractivity contribution >= 4 is 23.2 Å². The van der Waals surface area contributed by atoms with Gasteiger partial charge >= 0.3 is 0 Å². The maximum atomic E-state index is 13.0. The van der Waals surface area contributed by atoms with E-state index in [9.17, 15) is 9.59 Å². The summed E-state index contributed by atoms with van der Waals surface area (Å²) in [6.45, 7) is 0. The van der Waals surface area contributed by atoms with Gasteiger partial charge < -0.3 is 10.6 Å². The Kier molecular flexibility index (Phi) is 5.60. The fourth-order valence-electron chi connectivity index (χ4n) is 6.33. The number of hydrogen-bond acceptors (Lipinski definition) is 2. The number of carbonyl (C=O) groups excluding carboxylic acids is 2. The zero-order valence-electron chi connectivity index (χ0n) is 19.7. The van der Waals surface area contributed by atoms with Crippen LogP contribution in [-0.4, -0.2) is 11.8 Å². The molecule has 34 heavy (non-hydrogen) atoms. The minimum Gasteiger partial charge on any atom is -0.321 e. The van der Waals surface area contributed by atoms with E-state index in [0.29, 0.717) is 34.4 Å². The van der Waals surface area contributed by atoms with E-state index >= 15 is 0 Å². The monoisotopic (exact) mass is 452 g/mol. The van der Waals surface area contributed by atoms with Crippen molar-refractivity contribution in [3.63, 3.8) is 0 Å². The molecule has 2 saturated carbocycles. The first-order valence-corrected chi connectivity index (χ1v) is 13.0. The average Bonchev–Trinajstić information content (AvgIpc) is 3.43. The molecular weight excluding hydrogens is 420 g/mol. The summed E-state index contributed by atoms with van der Waals surface area (Å²) < 4.78 is 0. The van der Waals surface area contributed by atoms with Crippen molar-refractivity contribution < 1.29 is 9.59 Å². The van der Waals surface area contributed by atoms with Gasteiger partial charge in [-0.05, 0) is 59.8 Å². The van der Waals surface area contributed by atoms with Crippen molar-refractivity contribution in [2.75, 3.05) is 0 Å². The van der Waals surface area contributed by atoms with Crippen LogP contribution in [0.2, 0.25) is 0 Å². The summed E-state index contributed by atoms with van der Waals surface area (Å²) in [5, 5.41) is 5.97. The van der Waals surface area contributed by atoms with Crippen LogP contribution in [0.15, 0.2) is 59.7 Å². The second-order valence-corrected chi connectivity index (χ2v) is 10.3. The summed E-state index contributed by atoms with van der Waals surface area (Å²) in [5.41, 5.74) is 6.71. The lowest BCUT2D eigenvalue weighted by Crippen LogP contribution is -2.21. The van der Waals surface area contributed by atoms with E-state index in [1.165, 1.54) is 75.3 Å². The number of benzene rings is 2. The van der Waals surface area contributed by atoms with Crippen molar-refractivity contribution in [2.24, 2.45) is 0 Å². The Morgan fingerprint density at radius 1 is 0.500 bits per heavy atom. The maximum Gasteiger partial charge on any atom is 0.258 e. The lowest BCUT2D eigenvalue weighted by atomic mass is 9.84. The van der Waals surface area contributed by atoms with E-state index in [4.69, 9.17) is 0 Å². The molecule has 2 amide bonds. The summed E-state index contributed by atoms with van der Waals surface area (Å²) in [6, 6.07) is 16.9. The molecule has 6 rings (SSSR count). The quantitative estimate of drug-likeness (QED) is 0.583. The zero-order valence-corrected chi connectivity index (χ0v) is 19.7. The molecule has 4 aliphatic rings. The lowest BCUT2D eigenvalue weighted by molar-refractivity contribution is -0.117. The number of nitrogens with one attached hydrogen (secondary N) is 2. The van der Waals surface area contributed by atoms with E-state index in [0.717, 1.165) is 11.1 Å². The molecule has 4 nitrogen and oxygen atoms in total. The van der Waals surface area contributed by atoms with Gasteiger partial charge in [0.15, 0.2) is 0 Å². The highest BCUT2D eigenvalue weighted by Crippen LogP contribution is 2.39. The van der Waals surface area contributed by atoms with Crippen LogP contribution in [0.25, 0.3) is 11.4 Å². The van der Waals surface area contributed by atoms with Crippen molar-refractivity contribution in [3.8, 4) is 0 Å². The van der Waals surface area contributed by atoms with Gasteiger partial charge in [0.25, 0.3) is 11.8 Å². The minimum absolute atomic E-state index is 0.203. The molecule has 2 N–H and O–H groups in total. The lowest BCUT2D eigenvalue weighted by Gasteiger charge is -2.22. The van der Waals surface area contributed by atoms with E-state index in [2.05, 4.69) is 59.2 Å². The van der Waals surface area contributed by atoms with Crippen molar-refractivity contribution in [2.45, 2.75) is 76.0 Å². The summed E-state index contributed by atoms with van der Waals surface area (Å²) >= 11 is 0. The van der Waals surface area contributed by atoms with E-state index in [1.807, 2.05) is 0 Å². The van der Waals surface area contributed by atoms with Crippen molar-refractivity contribution in [3.05, 3.63) is 81.9 Å². The normalized spacial score (nSPS) is 21.6. The van der Waals surface area contributed by atoms with Crippen LogP contribution < -0.4 is 10.6 Å². The molecule has 0 aromatic heterocycles. The van der Waals surface area contributed by atoms with Gasteiger partial charge in [-0.1, -0.05) is 87.1 Å². The molecule has 2 aliphatic carbocycles. The van der Waals surface area contributed by atoms with Crippen LogP contribution in [0.4, 0.5) is 0 Å². The predicted octanol–water partition coefficient (Wildman–Crippen LogP) is 6.16. The molecule has 4 heteroatoms. The van der Waals surface area contributed by atoms with Crippen LogP contribution in [0.1, 0.15) is 98.3 Å². The first-order chi connectivity index (χ1) is 16.7. The Hall–Kier alpha value is -3.14. The van der Waals surface area contributed by atoms with Gasteiger partial charge in [-0.25, -0.2) is 0 Å². The molecule has 0 unspecified atom stereocenters. The number of carbonyl (C=O) groups is 2. The number of rotatable bonds is 4. The van der Waals surface area contributed by atoms with Gasteiger partial charge in [-0.2, -0.15) is 0 Å². The molecule has 0 radical (unpaired) electrons. The highest BCUT2D eigenvalue weighted by molar-refractivity contribution is 6.30. The molecule has 0 bridgehead atoms. The molecule has 0 saturated heterocycles. The van der Waals surface area contributed by atoms with Gasteiger partial charge in [0.05, 0.1) is 22.5 Å². The molecule has 2 fully saturated rings. The largest absolute Gasteiger partial charge is 0.321 e. The Morgan fingerprint density at radius 2 is 0.853 bits per heavy atom. The Labute approximate surface area is 201 Å². The van der Waals surface area contributed by atoms with E-state index < -0.39 is 0 Å². The molecule has 2 aliphatic heterocycles. The molecule has 0 atom stereocenters. The standard InChI is InChI=1S/C30H32N2O2/c33-29-25-26(28(32-29)24-17-13-22(14-18-24)20-9-5-2-6-10-20)30(34)31-27(25)23-15-11-21(12-16-23)19-7-3-1-4-8-19/h11-20H,1-10H2,(H,31,34)(H,32,33). The average molecular weight is 453 g/mol. The topological polar surface area (TPSA) is 58.2 Å². The highest BCUT2D eigenvalue weighted by atomic mass is 16.2. The van der Waals surface area contributed by atoms with Crippen LogP contribution >= 0.6 is 0 Å². The second kappa shape index (κ2) is 8.90. The molecule has 174 valence electrons. The third-order valence-corrected chi connectivity index (χ3v) is 8.23. The molecule has 2 aromatic carbocycles. The van der Waals surface area contributed by atoms with Crippen molar-refractivity contribution in [1.82, 2.24) is 10.6 Å². The van der Waals surface area contributed by atoms with Gasteiger partial charge in [-0.15, -0.1) is 0 Å². The summed E-state index contributed by atoms with van der Waals surface area (Å²) in [4.78, 5) is 26.0. The predicted molar refractivity (Wildman–Crippen MR) is 135 cm³/mol. The SMILES string of the molecule is O=C1NC(c2ccc(C3CCCCC3)cc2)=C2C(=O)NC(c3ccc(C4CCCCC4)cc3)=C12. The van der Waals surface area contributed by atoms with E-state index in [-0.39, 0.29) is 11.8 Å². The van der Waals surface area contributed by atoms with Crippen molar-refractivity contribution in [1.29, 1.82) is 0 Å². The van der Waals surface area contributed by atoms with Gasteiger partial charge in [0.1, 0.15) is 0 Å².